The molecule has 6 nitrogen and oxygen atoms in total. The average molecular weight is 501 g/mol. The molecule has 0 saturated carbocycles. The highest BCUT2D eigenvalue weighted by Crippen LogP contribution is 2.39. The molecule has 0 N–H and O–H groups in total. The molecule has 0 bridgehead atoms. The van der Waals surface area contributed by atoms with Crippen LogP contribution in [0.25, 0.3) is 0 Å². The number of pyridine rings is 1. The number of rotatable bonds is 4. The summed E-state index contributed by atoms with van der Waals surface area (Å²) in [4.78, 5) is 8.70. The SMILES string of the molecule is CCN1CCN(c2nc(F)c3c(c2F)S(=O)(=O)CCN3Cc2cccc(Br)c2)CC1. The Kier molecular flexibility index (Phi) is 6.00. The van der Waals surface area contributed by atoms with Crippen molar-refractivity contribution in [1.29, 1.82) is 0 Å². The number of fused-ring (bicyclic) bond motifs is 1. The van der Waals surface area contributed by atoms with E-state index in [2.05, 4.69) is 25.8 Å². The highest BCUT2D eigenvalue weighted by atomic mass is 79.9. The first kappa shape index (κ1) is 21.5. The van der Waals surface area contributed by atoms with Crippen molar-refractivity contribution in [2.45, 2.75) is 18.4 Å². The van der Waals surface area contributed by atoms with Crippen molar-refractivity contribution in [1.82, 2.24) is 9.88 Å². The third-order valence-electron chi connectivity index (χ3n) is 5.65. The molecule has 30 heavy (non-hydrogen) atoms. The van der Waals surface area contributed by atoms with Gasteiger partial charge in [0.2, 0.25) is 5.95 Å². The zero-order valence-electron chi connectivity index (χ0n) is 16.6. The molecule has 1 aromatic carbocycles. The van der Waals surface area contributed by atoms with Gasteiger partial charge in [0.1, 0.15) is 10.6 Å². The molecule has 0 radical (unpaired) electrons. The van der Waals surface area contributed by atoms with Gasteiger partial charge >= 0.3 is 0 Å². The molecule has 1 saturated heterocycles. The molecule has 0 spiro atoms. The molecule has 10 heteroatoms. The van der Waals surface area contributed by atoms with Crippen molar-refractivity contribution in [2.24, 2.45) is 0 Å². The highest BCUT2D eigenvalue weighted by molar-refractivity contribution is 9.10. The van der Waals surface area contributed by atoms with Gasteiger partial charge in [0.15, 0.2) is 21.5 Å². The number of anilines is 2. The summed E-state index contributed by atoms with van der Waals surface area (Å²) >= 11 is 3.40. The Labute approximate surface area is 183 Å². The first-order valence-electron chi connectivity index (χ1n) is 9.88. The number of sulfone groups is 1. The zero-order chi connectivity index (χ0) is 21.5. The molecule has 1 fully saturated rings. The normalized spacial score (nSPS) is 19.1. The van der Waals surface area contributed by atoms with E-state index in [1.165, 1.54) is 0 Å². The molecule has 0 unspecified atom stereocenters. The van der Waals surface area contributed by atoms with Crippen molar-refractivity contribution in [3.05, 3.63) is 46.1 Å². The monoisotopic (exact) mass is 500 g/mol. The number of benzene rings is 1. The summed E-state index contributed by atoms with van der Waals surface area (Å²) in [5.74, 6) is -2.37. The van der Waals surface area contributed by atoms with E-state index in [1.807, 2.05) is 31.2 Å². The molecule has 162 valence electrons. The molecular formula is C20H23BrF2N4O2S. The number of likely N-dealkylation sites (N-methyl/N-ethyl adjacent to an activating group) is 1. The van der Waals surface area contributed by atoms with Crippen LogP contribution in [0, 0.1) is 11.8 Å². The fourth-order valence-electron chi connectivity index (χ4n) is 4.00. The Morgan fingerprint density at radius 1 is 1.13 bits per heavy atom. The average Bonchev–Trinajstić information content (AvgIpc) is 2.72. The largest absolute Gasteiger partial charge is 0.361 e. The minimum absolute atomic E-state index is 0.0778. The van der Waals surface area contributed by atoms with Crippen LogP contribution in [0.15, 0.2) is 33.6 Å². The quantitative estimate of drug-likeness (QED) is 0.601. The highest BCUT2D eigenvalue weighted by Gasteiger charge is 2.38. The van der Waals surface area contributed by atoms with E-state index >= 15 is 8.78 Å². The van der Waals surface area contributed by atoms with Crippen LogP contribution in [0.1, 0.15) is 12.5 Å². The van der Waals surface area contributed by atoms with Gasteiger partial charge in [-0.2, -0.15) is 9.37 Å². The van der Waals surface area contributed by atoms with E-state index in [0.29, 0.717) is 26.2 Å². The predicted molar refractivity (Wildman–Crippen MR) is 116 cm³/mol. The van der Waals surface area contributed by atoms with Gasteiger partial charge in [-0.1, -0.05) is 35.0 Å². The van der Waals surface area contributed by atoms with Crippen molar-refractivity contribution < 1.29 is 17.2 Å². The fraction of sp³-hybridized carbons (Fsp3) is 0.450. The number of hydrogen-bond donors (Lipinski definition) is 0. The van der Waals surface area contributed by atoms with E-state index in [9.17, 15) is 8.42 Å². The molecule has 3 heterocycles. The third kappa shape index (κ3) is 4.04. The number of aromatic nitrogens is 1. The minimum atomic E-state index is -3.95. The minimum Gasteiger partial charge on any atom is -0.361 e. The maximum atomic E-state index is 15.5. The first-order chi connectivity index (χ1) is 14.3. The summed E-state index contributed by atoms with van der Waals surface area (Å²) in [7, 11) is -3.95. The molecule has 2 aliphatic heterocycles. The standard InChI is InChI=1S/C20H23BrF2N4O2S/c1-2-25-6-8-26(9-7-25)20-16(22)18-17(19(23)24-20)27(10-11-30(18,28)29)13-14-4-3-5-15(21)12-14/h3-5,12H,2,6-11,13H2,1H3. The van der Waals surface area contributed by atoms with Gasteiger partial charge in [0, 0.05) is 43.7 Å². The van der Waals surface area contributed by atoms with Crippen LogP contribution in [0.3, 0.4) is 0 Å². The van der Waals surface area contributed by atoms with Gasteiger partial charge in [-0.25, -0.2) is 12.8 Å². The van der Waals surface area contributed by atoms with Crippen molar-refractivity contribution in [3.8, 4) is 0 Å². The number of hydrogen-bond acceptors (Lipinski definition) is 6. The second kappa shape index (κ2) is 8.39. The first-order valence-corrected chi connectivity index (χ1v) is 12.3. The second-order valence-electron chi connectivity index (χ2n) is 7.51. The van der Waals surface area contributed by atoms with Crippen molar-refractivity contribution >= 4 is 37.3 Å². The molecule has 4 rings (SSSR count). The molecule has 0 amide bonds. The summed E-state index contributed by atoms with van der Waals surface area (Å²) in [5.41, 5.74) is 0.587. The Hall–Kier alpha value is -1.78. The van der Waals surface area contributed by atoms with Crippen LogP contribution in [-0.4, -0.2) is 63.3 Å². The maximum absolute atomic E-state index is 15.5. The molecule has 2 aliphatic rings. The Morgan fingerprint density at radius 2 is 1.87 bits per heavy atom. The summed E-state index contributed by atoms with van der Waals surface area (Å²) in [5, 5.41) is 0. The van der Waals surface area contributed by atoms with Crippen molar-refractivity contribution in [2.75, 3.05) is 54.8 Å². The van der Waals surface area contributed by atoms with Crippen LogP contribution in [0.2, 0.25) is 0 Å². The Bertz CT molecular complexity index is 1060. The lowest BCUT2D eigenvalue weighted by Crippen LogP contribution is -2.47. The van der Waals surface area contributed by atoms with Gasteiger partial charge in [0.25, 0.3) is 0 Å². The van der Waals surface area contributed by atoms with Crippen LogP contribution < -0.4 is 9.80 Å². The molecule has 0 aliphatic carbocycles. The Balaban J connectivity index is 1.74. The number of halogens is 3. The van der Waals surface area contributed by atoms with E-state index in [1.54, 1.807) is 9.80 Å². The van der Waals surface area contributed by atoms with E-state index < -0.39 is 26.5 Å². The summed E-state index contributed by atoms with van der Waals surface area (Å²) in [6, 6.07) is 7.43. The molecule has 2 aromatic rings. The van der Waals surface area contributed by atoms with Crippen LogP contribution in [0.5, 0.6) is 0 Å². The van der Waals surface area contributed by atoms with E-state index in [4.69, 9.17) is 0 Å². The lowest BCUT2D eigenvalue weighted by atomic mass is 10.2. The summed E-state index contributed by atoms with van der Waals surface area (Å²) < 4.78 is 57.0. The van der Waals surface area contributed by atoms with Gasteiger partial charge < -0.3 is 14.7 Å². The topological polar surface area (TPSA) is 56.8 Å². The number of nitrogens with zero attached hydrogens (tertiary/aromatic N) is 4. The number of piperazine rings is 1. The van der Waals surface area contributed by atoms with Crippen LogP contribution in [-0.2, 0) is 16.4 Å². The predicted octanol–water partition coefficient (Wildman–Crippen LogP) is 3.06. The molecular weight excluding hydrogens is 478 g/mol. The van der Waals surface area contributed by atoms with Gasteiger partial charge in [0.05, 0.1) is 5.75 Å². The van der Waals surface area contributed by atoms with Crippen molar-refractivity contribution in [3.63, 3.8) is 0 Å². The Morgan fingerprint density at radius 3 is 2.53 bits per heavy atom. The molecule has 0 atom stereocenters. The maximum Gasteiger partial charge on any atom is 0.239 e. The smallest absolute Gasteiger partial charge is 0.239 e. The van der Waals surface area contributed by atoms with Gasteiger partial charge in [-0.05, 0) is 24.2 Å². The zero-order valence-corrected chi connectivity index (χ0v) is 19.0. The molecule has 1 aromatic heterocycles. The lowest BCUT2D eigenvalue weighted by Gasteiger charge is -2.36. The summed E-state index contributed by atoms with van der Waals surface area (Å²) in [6.07, 6.45) is 0. The second-order valence-corrected chi connectivity index (χ2v) is 10.5. The van der Waals surface area contributed by atoms with E-state index in [-0.39, 0.29) is 30.3 Å². The van der Waals surface area contributed by atoms with Gasteiger partial charge in [-0.3, -0.25) is 0 Å². The summed E-state index contributed by atoms with van der Waals surface area (Å²) in [6.45, 7) is 5.58. The van der Waals surface area contributed by atoms with Crippen LogP contribution in [0.4, 0.5) is 20.3 Å². The van der Waals surface area contributed by atoms with E-state index in [0.717, 1.165) is 16.6 Å². The van der Waals surface area contributed by atoms with Gasteiger partial charge in [-0.15, -0.1) is 0 Å². The third-order valence-corrected chi connectivity index (χ3v) is 7.86. The lowest BCUT2D eigenvalue weighted by molar-refractivity contribution is 0.269. The fourth-order valence-corrected chi connectivity index (χ4v) is 5.98. The van der Waals surface area contributed by atoms with Crippen LogP contribution >= 0.6 is 15.9 Å².